The fourth-order valence-corrected chi connectivity index (χ4v) is 2.78. The van der Waals surface area contributed by atoms with Crippen LogP contribution in [0.15, 0.2) is 48.5 Å². The van der Waals surface area contributed by atoms with E-state index in [2.05, 4.69) is 41.7 Å². The summed E-state index contributed by atoms with van der Waals surface area (Å²) in [5.74, 6) is 0.920. The van der Waals surface area contributed by atoms with E-state index in [0.29, 0.717) is 0 Å². The first-order valence-electron chi connectivity index (χ1n) is 7.37. The van der Waals surface area contributed by atoms with E-state index in [1.807, 2.05) is 12.1 Å². The summed E-state index contributed by atoms with van der Waals surface area (Å²) in [7, 11) is 0. The SMILES string of the molecule is Clc1ccc(-c2ccc(CCCC3CNC3)cc2)cc1. The van der Waals surface area contributed by atoms with Crippen LogP contribution >= 0.6 is 11.6 Å². The Balaban J connectivity index is 1.57. The third-order valence-corrected chi connectivity index (χ3v) is 4.33. The molecule has 2 heteroatoms. The summed E-state index contributed by atoms with van der Waals surface area (Å²) in [6.45, 7) is 2.44. The summed E-state index contributed by atoms with van der Waals surface area (Å²) >= 11 is 5.92. The van der Waals surface area contributed by atoms with E-state index in [1.54, 1.807) is 0 Å². The van der Waals surface area contributed by atoms with Gasteiger partial charge in [0.05, 0.1) is 0 Å². The zero-order valence-corrected chi connectivity index (χ0v) is 12.4. The van der Waals surface area contributed by atoms with E-state index < -0.39 is 0 Å². The summed E-state index contributed by atoms with van der Waals surface area (Å²) in [6, 6.07) is 17.0. The van der Waals surface area contributed by atoms with E-state index in [1.165, 1.54) is 49.0 Å². The van der Waals surface area contributed by atoms with Crippen LogP contribution in [0.5, 0.6) is 0 Å². The molecule has 1 nitrogen and oxygen atoms in total. The minimum Gasteiger partial charge on any atom is -0.316 e. The number of rotatable bonds is 5. The maximum atomic E-state index is 5.92. The number of halogens is 1. The molecule has 1 N–H and O–H groups in total. The summed E-state index contributed by atoms with van der Waals surface area (Å²) in [5, 5.41) is 4.12. The van der Waals surface area contributed by atoms with Crippen molar-refractivity contribution in [3.05, 3.63) is 59.1 Å². The van der Waals surface area contributed by atoms with Crippen molar-refractivity contribution in [1.82, 2.24) is 5.32 Å². The molecule has 0 spiro atoms. The van der Waals surface area contributed by atoms with Crippen molar-refractivity contribution in [3.63, 3.8) is 0 Å². The van der Waals surface area contributed by atoms with Gasteiger partial charge in [0, 0.05) is 5.02 Å². The van der Waals surface area contributed by atoms with Crippen LogP contribution in [-0.2, 0) is 6.42 Å². The molecule has 0 amide bonds. The van der Waals surface area contributed by atoms with Crippen molar-refractivity contribution < 1.29 is 0 Å². The lowest BCUT2D eigenvalue weighted by Gasteiger charge is -2.26. The largest absolute Gasteiger partial charge is 0.316 e. The molecule has 2 aromatic carbocycles. The second-order valence-electron chi connectivity index (χ2n) is 5.62. The Morgan fingerprint density at radius 2 is 1.50 bits per heavy atom. The molecule has 0 unspecified atom stereocenters. The van der Waals surface area contributed by atoms with Crippen molar-refractivity contribution in [3.8, 4) is 11.1 Å². The Bertz CT molecular complexity index is 541. The number of benzene rings is 2. The highest BCUT2D eigenvalue weighted by Crippen LogP contribution is 2.22. The van der Waals surface area contributed by atoms with Gasteiger partial charge in [0.25, 0.3) is 0 Å². The van der Waals surface area contributed by atoms with Crippen molar-refractivity contribution in [1.29, 1.82) is 0 Å². The number of hydrogen-bond donors (Lipinski definition) is 1. The fraction of sp³-hybridized carbons (Fsp3) is 0.333. The third-order valence-electron chi connectivity index (χ3n) is 4.08. The van der Waals surface area contributed by atoms with Crippen molar-refractivity contribution in [2.45, 2.75) is 19.3 Å². The maximum Gasteiger partial charge on any atom is 0.0406 e. The van der Waals surface area contributed by atoms with Crippen LogP contribution in [0.2, 0.25) is 5.02 Å². The first-order chi connectivity index (χ1) is 9.81. The van der Waals surface area contributed by atoms with Gasteiger partial charge in [-0.3, -0.25) is 0 Å². The van der Waals surface area contributed by atoms with Gasteiger partial charge in [-0.15, -0.1) is 0 Å². The van der Waals surface area contributed by atoms with Crippen LogP contribution in [-0.4, -0.2) is 13.1 Å². The standard InChI is InChI=1S/C18H20ClN/c19-18-10-8-17(9-11-18)16-6-4-14(5-7-16)2-1-3-15-12-20-13-15/h4-11,15,20H,1-3,12-13H2. The lowest BCUT2D eigenvalue weighted by atomic mass is 9.94. The number of aryl methyl sites for hydroxylation is 1. The molecule has 104 valence electrons. The Hall–Kier alpha value is -1.31. The highest BCUT2D eigenvalue weighted by atomic mass is 35.5. The Kier molecular flexibility index (Phi) is 4.39. The maximum absolute atomic E-state index is 5.92. The van der Waals surface area contributed by atoms with E-state index in [9.17, 15) is 0 Å². The first-order valence-corrected chi connectivity index (χ1v) is 7.75. The lowest BCUT2D eigenvalue weighted by Crippen LogP contribution is -2.41. The number of nitrogens with one attached hydrogen (secondary N) is 1. The van der Waals surface area contributed by atoms with Gasteiger partial charge in [-0.05, 0) is 67.1 Å². The van der Waals surface area contributed by atoms with Crippen LogP contribution in [0.25, 0.3) is 11.1 Å². The molecule has 1 aliphatic heterocycles. The van der Waals surface area contributed by atoms with E-state index >= 15 is 0 Å². The average molecular weight is 286 g/mol. The van der Waals surface area contributed by atoms with Crippen molar-refractivity contribution in [2.75, 3.05) is 13.1 Å². The van der Waals surface area contributed by atoms with E-state index in [0.717, 1.165) is 10.9 Å². The summed E-state index contributed by atoms with van der Waals surface area (Å²) < 4.78 is 0. The predicted molar refractivity (Wildman–Crippen MR) is 86.2 cm³/mol. The minimum absolute atomic E-state index is 0.788. The molecule has 0 aromatic heterocycles. The Labute approximate surface area is 126 Å². The third kappa shape index (κ3) is 3.41. The van der Waals surface area contributed by atoms with Crippen LogP contribution in [0.3, 0.4) is 0 Å². The molecular weight excluding hydrogens is 266 g/mol. The van der Waals surface area contributed by atoms with Gasteiger partial charge >= 0.3 is 0 Å². The van der Waals surface area contributed by atoms with Gasteiger partial charge in [0.1, 0.15) is 0 Å². The summed E-state index contributed by atoms with van der Waals surface area (Å²) in [5.41, 5.74) is 3.92. The molecule has 0 aliphatic carbocycles. The average Bonchev–Trinajstić information content (AvgIpc) is 2.43. The second kappa shape index (κ2) is 6.43. The highest BCUT2D eigenvalue weighted by molar-refractivity contribution is 6.30. The van der Waals surface area contributed by atoms with Crippen LogP contribution in [0.1, 0.15) is 18.4 Å². The predicted octanol–water partition coefficient (Wildman–Crippen LogP) is 4.55. The molecule has 0 saturated carbocycles. The van der Waals surface area contributed by atoms with E-state index in [-0.39, 0.29) is 0 Å². The topological polar surface area (TPSA) is 12.0 Å². The van der Waals surface area contributed by atoms with Crippen molar-refractivity contribution in [2.24, 2.45) is 5.92 Å². The molecule has 1 heterocycles. The lowest BCUT2D eigenvalue weighted by molar-refractivity contribution is 0.321. The van der Waals surface area contributed by atoms with Gasteiger partial charge in [-0.2, -0.15) is 0 Å². The molecule has 1 fully saturated rings. The minimum atomic E-state index is 0.788. The fourth-order valence-electron chi connectivity index (χ4n) is 2.65. The molecule has 0 radical (unpaired) electrons. The normalized spacial score (nSPS) is 15.1. The quantitative estimate of drug-likeness (QED) is 0.850. The molecule has 1 saturated heterocycles. The molecule has 20 heavy (non-hydrogen) atoms. The zero-order chi connectivity index (χ0) is 13.8. The van der Waals surface area contributed by atoms with E-state index in [4.69, 9.17) is 11.6 Å². The van der Waals surface area contributed by atoms with Gasteiger partial charge in [0.15, 0.2) is 0 Å². The number of hydrogen-bond acceptors (Lipinski definition) is 1. The second-order valence-corrected chi connectivity index (χ2v) is 6.06. The molecule has 0 atom stereocenters. The molecular formula is C18H20ClN. The highest BCUT2D eigenvalue weighted by Gasteiger charge is 2.15. The van der Waals surface area contributed by atoms with Gasteiger partial charge in [-0.1, -0.05) is 48.0 Å². The summed E-state index contributed by atoms with van der Waals surface area (Å²) in [6.07, 6.45) is 3.84. The smallest absolute Gasteiger partial charge is 0.0406 e. The van der Waals surface area contributed by atoms with Crippen LogP contribution < -0.4 is 5.32 Å². The molecule has 1 aliphatic rings. The first kappa shape index (κ1) is 13.7. The molecule has 2 aromatic rings. The van der Waals surface area contributed by atoms with Gasteiger partial charge in [0.2, 0.25) is 0 Å². The summed E-state index contributed by atoms with van der Waals surface area (Å²) in [4.78, 5) is 0. The Morgan fingerprint density at radius 1 is 0.900 bits per heavy atom. The molecule has 3 rings (SSSR count). The van der Waals surface area contributed by atoms with Crippen LogP contribution in [0, 0.1) is 5.92 Å². The van der Waals surface area contributed by atoms with Crippen molar-refractivity contribution >= 4 is 11.6 Å². The van der Waals surface area contributed by atoms with Crippen LogP contribution in [0.4, 0.5) is 0 Å². The Morgan fingerprint density at radius 3 is 2.05 bits per heavy atom. The van der Waals surface area contributed by atoms with Gasteiger partial charge < -0.3 is 5.32 Å². The monoisotopic (exact) mass is 285 g/mol. The zero-order valence-electron chi connectivity index (χ0n) is 11.6. The van der Waals surface area contributed by atoms with Gasteiger partial charge in [-0.25, -0.2) is 0 Å². The molecule has 0 bridgehead atoms.